The van der Waals surface area contributed by atoms with Crippen LogP contribution in [0.25, 0.3) is 0 Å². The first-order valence-electron chi connectivity index (χ1n) is 4.97. The zero-order chi connectivity index (χ0) is 10.7. The quantitative estimate of drug-likeness (QED) is 0.712. The maximum Gasteiger partial charge on any atom is 0.135 e. The average molecular weight is 185 g/mol. The zero-order valence-electron chi connectivity index (χ0n) is 9.82. The first kappa shape index (κ1) is 12.6. The van der Waals surface area contributed by atoms with E-state index in [1.807, 2.05) is 7.05 Å². The van der Waals surface area contributed by atoms with E-state index in [0.717, 1.165) is 12.8 Å². The summed E-state index contributed by atoms with van der Waals surface area (Å²) in [5, 5.41) is 3.23. The van der Waals surface area contributed by atoms with Crippen molar-refractivity contribution < 1.29 is 4.79 Å². The zero-order valence-corrected chi connectivity index (χ0v) is 9.82. The van der Waals surface area contributed by atoms with Crippen molar-refractivity contribution >= 4 is 5.78 Å². The molecule has 0 saturated heterocycles. The molecule has 2 nitrogen and oxygen atoms in total. The summed E-state index contributed by atoms with van der Waals surface area (Å²) in [4.78, 5) is 11.5. The van der Waals surface area contributed by atoms with Crippen LogP contribution >= 0.6 is 0 Å². The molecule has 0 aliphatic carbocycles. The van der Waals surface area contributed by atoms with E-state index in [2.05, 4.69) is 33.0 Å². The summed E-state index contributed by atoms with van der Waals surface area (Å²) in [5.74, 6) is 0.290. The molecule has 0 radical (unpaired) electrons. The van der Waals surface area contributed by atoms with Crippen LogP contribution in [-0.2, 0) is 4.79 Å². The predicted octanol–water partition coefficient (Wildman–Crippen LogP) is 2.38. The molecule has 2 heteroatoms. The van der Waals surface area contributed by atoms with E-state index < -0.39 is 0 Å². The van der Waals surface area contributed by atoms with Gasteiger partial charge in [-0.2, -0.15) is 0 Å². The molecule has 13 heavy (non-hydrogen) atoms. The number of carbonyl (C=O) groups excluding carboxylic acids is 1. The minimum Gasteiger partial charge on any atom is -0.315 e. The van der Waals surface area contributed by atoms with Crippen LogP contribution in [-0.4, -0.2) is 18.4 Å². The van der Waals surface area contributed by atoms with Crippen LogP contribution in [0.3, 0.4) is 0 Å². The van der Waals surface area contributed by atoms with Crippen molar-refractivity contribution in [3.8, 4) is 0 Å². The lowest BCUT2D eigenvalue weighted by molar-refractivity contribution is -0.127. The summed E-state index contributed by atoms with van der Waals surface area (Å²) in [7, 11) is 1.94. The van der Waals surface area contributed by atoms with Crippen LogP contribution in [0.5, 0.6) is 0 Å². The summed E-state index contributed by atoms with van der Waals surface area (Å²) in [6, 6.07) is 0. The van der Waals surface area contributed by atoms with Gasteiger partial charge >= 0.3 is 0 Å². The predicted molar refractivity (Wildman–Crippen MR) is 56.8 cm³/mol. The lowest BCUT2D eigenvalue weighted by atomic mass is 9.74. The molecule has 0 bridgehead atoms. The SMILES string of the molecule is CCC(C)(CC(C)(C)NC)C(C)=O. The standard InChI is InChI=1S/C11H23NO/c1-7-11(5,9(2)13)8-10(3,4)12-6/h12H,7-8H2,1-6H3. The summed E-state index contributed by atoms with van der Waals surface area (Å²) in [6.07, 6.45) is 1.80. The molecule has 0 fully saturated rings. The van der Waals surface area contributed by atoms with E-state index in [1.165, 1.54) is 0 Å². The molecule has 0 heterocycles. The van der Waals surface area contributed by atoms with Crippen molar-refractivity contribution in [3.63, 3.8) is 0 Å². The third-order valence-electron chi connectivity index (χ3n) is 3.14. The van der Waals surface area contributed by atoms with Crippen molar-refractivity contribution in [2.75, 3.05) is 7.05 Å². The van der Waals surface area contributed by atoms with Crippen molar-refractivity contribution in [1.29, 1.82) is 0 Å². The topological polar surface area (TPSA) is 29.1 Å². The summed E-state index contributed by atoms with van der Waals surface area (Å²) in [5.41, 5.74) is -0.136. The Kier molecular flexibility index (Phi) is 4.11. The molecule has 0 aliphatic rings. The number of hydrogen-bond donors (Lipinski definition) is 1. The van der Waals surface area contributed by atoms with E-state index in [-0.39, 0.29) is 11.0 Å². The number of rotatable bonds is 5. The molecule has 0 amide bonds. The first-order valence-corrected chi connectivity index (χ1v) is 4.97. The van der Waals surface area contributed by atoms with Crippen LogP contribution in [0.1, 0.15) is 47.5 Å². The van der Waals surface area contributed by atoms with Gasteiger partial charge < -0.3 is 5.32 Å². The molecular formula is C11H23NO. The average Bonchev–Trinajstić information content (AvgIpc) is 2.03. The van der Waals surface area contributed by atoms with Gasteiger partial charge in [-0.15, -0.1) is 0 Å². The van der Waals surface area contributed by atoms with E-state index in [0.29, 0.717) is 5.78 Å². The highest BCUT2D eigenvalue weighted by Gasteiger charge is 2.33. The fourth-order valence-electron chi connectivity index (χ4n) is 1.56. The second kappa shape index (κ2) is 4.23. The molecule has 0 aliphatic heterocycles. The van der Waals surface area contributed by atoms with Gasteiger partial charge in [0.05, 0.1) is 0 Å². The Morgan fingerprint density at radius 3 is 2.00 bits per heavy atom. The Morgan fingerprint density at radius 1 is 1.31 bits per heavy atom. The van der Waals surface area contributed by atoms with Crippen LogP contribution in [0.2, 0.25) is 0 Å². The van der Waals surface area contributed by atoms with Gasteiger partial charge in [0.15, 0.2) is 0 Å². The molecule has 1 atom stereocenters. The number of Topliss-reactive ketones (excluding diaryl/α,β-unsaturated/α-hetero) is 1. The van der Waals surface area contributed by atoms with Gasteiger partial charge in [-0.25, -0.2) is 0 Å². The van der Waals surface area contributed by atoms with Crippen molar-refractivity contribution in [2.24, 2.45) is 5.41 Å². The lowest BCUT2D eigenvalue weighted by Gasteiger charge is -2.35. The first-order chi connectivity index (χ1) is 5.77. The number of ketones is 1. The van der Waals surface area contributed by atoms with Crippen LogP contribution in [0.4, 0.5) is 0 Å². The molecule has 0 rings (SSSR count). The van der Waals surface area contributed by atoms with Gasteiger partial charge in [0.2, 0.25) is 0 Å². The Bertz CT molecular complexity index is 187. The second-order valence-corrected chi connectivity index (χ2v) is 4.78. The fraction of sp³-hybridized carbons (Fsp3) is 0.909. The van der Waals surface area contributed by atoms with Crippen molar-refractivity contribution in [3.05, 3.63) is 0 Å². The van der Waals surface area contributed by atoms with Crippen LogP contribution in [0, 0.1) is 5.41 Å². The van der Waals surface area contributed by atoms with Crippen molar-refractivity contribution in [2.45, 2.75) is 53.0 Å². The molecule has 0 spiro atoms. The largest absolute Gasteiger partial charge is 0.315 e. The minimum atomic E-state index is -0.174. The third-order valence-corrected chi connectivity index (χ3v) is 3.14. The number of nitrogens with one attached hydrogen (secondary N) is 1. The highest BCUT2D eigenvalue weighted by molar-refractivity contribution is 5.81. The molecule has 0 saturated carbocycles. The van der Waals surface area contributed by atoms with Crippen LogP contribution < -0.4 is 5.32 Å². The highest BCUT2D eigenvalue weighted by Crippen LogP contribution is 2.32. The van der Waals surface area contributed by atoms with Gasteiger partial charge in [-0.3, -0.25) is 4.79 Å². The Hall–Kier alpha value is -0.370. The molecule has 0 aromatic heterocycles. The van der Waals surface area contributed by atoms with Gasteiger partial charge in [0.25, 0.3) is 0 Å². The highest BCUT2D eigenvalue weighted by atomic mass is 16.1. The fourth-order valence-corrected chi connectivity index (χ4v) is 1.56. The molecule has 0 aromatic carbocycles. The van der Waals surface area contributed by atoms with Gasteiger partial charge in [0.1, 0.15) is 5.78 Å². The Balaban J connectivity index is 4.54. The van der Waals surface area contributed by atoms with Crippen molar-refractivity contribution in [1.82, 2.24) is 5.32 Å². The number of carbonyl (C=O) groups is 1. The maximum atomic E-state index is 11.5. The third kappa shape index (κ3) is 3.47. The molecule has 78 valence electrons. The summed E-state index contributed by atoms with van der Waals surface area (Å²) >= 11 is 0. The Labute approximate surface area is 82.1 Å². The minimum absolute atomic E-state index is 0.0381. The van der Waals surface area contributed by atoms with E-state index in [4.69, 9.17) is 0 Å². The monoisotopic (exact) mass is 185 g/mol. The van der Waals surface area contributed by atoms with Gasteiger partial charge in [-0.1, -0.05) is 13.8 Å². The number of hydrogen-bond acceptors (Lipinski definition) is 2. The summed E-state index contributed by atoms with van der Waals surface area (Å²) < 4.78 is 0. The van der Waals surface area contributed by atoms with E-state index >= 15 is 0 Å². The molecular weight excluding hydrogens is 162 g/mol. The smallest absolute Gasteiger partial charge is 0.135 e. The van der Waals surface area contributed by atoms with Crippen LogP contribution in [0.15, 0.2) is 0 Å². The lowest BCUT2D eigenvalue weighted by Crippen LogP contribution is -2.43. The summed E-state index contributed by atoms with van der Waals surface area (Å²) in [6.45, 7) is 10.1. The maximum absolute atomic E-state index is 11.5. The van der Waals surface area contributed by atoms with E-state index in [1.54, 1.807) is 6.92 Å². The van der Waals surface area contributed by atoms with Gasteiger partial charge in [-0.05, 0) is 40.7 Å². The molecule has 0 aromatic rings. The Morgan fingerprint density at radius 2 is 1.77 bits per heavy atom. The molecule has 1 N–H and O–H groups in total. The normalized spacial score (nSPS) is 16.8. The molecule has 1 unspecified atom stereocenters. The second-order valence-electron chi connectivity index (χ2n) is 4.78. The van der Waals surface area contributed by atoms with E-state index in [9.17, 15) is 4.79 Å². The van der Waals surface area contributed by atoms with Gasteiger partial charge in [0, 0.05) is 11.0 Å².